The SMILES string of the molecule is Cc1cccc(OC2=C(C=O)C=CCC2=NNC(N)=O)c1. The predicted molar refractivity (Wildman–Crippen MR) is 78.8 cm³/mol. The van der Waals surface area contributed by atoms with E-state index in [-0.39, 0.29) is 0 Å². The van der Waals surface area contributed by atoms with Crippen molar-refractivity contribution in [1.29, 1.82) is 0 Å². The van der Waals surface area contributed by atoms with Gasteiger partial charge in [-0.15, -0.1) is 0 Å². The van der Waals surface area contributed by atoms with Crippen LogP contribution in [0.25, 0.3) is 0 Å². The number of allylic oxidation sites excluding steroid dienone is 4. The Morgan fingerprint density at radius 2 is 2.29 bits per heavy atom. The number of rotatable bonds is 4. The number of nitrogens with two attached hydrogens (primary N) is 1. The largest absolute Gasteiger partial charge is 0.455 e. The molecule has 6 heteroatoms. The maximum atomic E-state index is 11.2. The molecule has 2 amide bonds. The van der Waals surface area contributed by atoms with Gasteiger partial charge in [0.05, 0.1) is 5.57 Å². The number of hydrogen-bond acceptors (Lipinski definition) is 4. The zero-order valence-corrected chi connectivity index (χ0v) is 11.5. The highest BCUT2D eigenvalue weighted by Gasteiger charge is 2.18. The van der Waals surface area contributed by atoms with Crippen molar-refractivity contribution in [3.8, 4) is 5.75 Å². The molecule has 0 saturated carbocycles. The van der Waals surface area contributed by atoms with Gasteiger partial charge >= 0.3 is 6.03 Å². The fourth-order valence-corrected chi connectivity index (χ4v) is 1.86. The molecule has 6 nitrogen and oxygen atoms in total. The van der Waals surface area contributed by atoms with E-state index in [1.54, 1.807) is 18.2 Å². The number of urea groups is 1. The Morgan fingerprint density at radius 1 is 1.48 bits per heavy atom. The van der Waals surface area contributed by atoms with Crippen LogP contribution in [0.2, 0.25) is 0 Å². The molecule has 0 heterocycles. The summed E-state index contributed by atoms with van der Waals surface area (Å²) in [7, 11) is 0. The summed E-state index contributed by atoms with van der Waals surface area (Å²) in [4.78, 5) is 21.9. The lowest BCUT2D eigenvalue weighted by Crippen LogP contribution is -2.27. The summed E-state index contributed by atoms with van der Waals surface area (Å²) in [5.41, 5.74) is 8.96. The second-order valence-electron chi connectivity index (χ2n) is 4.46. The maximum absolute atomic E-state index is 11.2. The summed E-state index contributed by atoms with van der Waals surface area (Å²) in [6, 6.07) is 6.63. The van der Waals surface area contributed by atoms with Crippen LogP contribution in [0.4, 0.5) is 4.79 Å². The van der Waals surface area contributed by atoms with Gasteiger partial charge in [0.25, 0.3) is 0 Å². The molecular weight excluding hydrogens is 270 g/mol. The Morgan fingerprint density at radius 3 is 2.95 bits per heavy atom. The number of hydrazone groups is 1. The van der Waals surface area contributed by atoms with Crippen LogP contribution in [0, 0.1) is 6.92 Å². The molecule has 3 N–H and O–H groups in total. The zero-order chi connectivity index (χ0) is 15.2. The molecule has 2 rings (SSSR count). The molecule has 21 heavy (non-hydrogen) atoms. The first-order valence-electron chi connectivity index (χ1n) is 6.33. The van der Waals surface area contributed by atoms with Crippen molar-refractivity contribution in [2.24, 2.45) is 10.8 Å². The van der Waals surface area contributed by atoms with Gasteiger partial charge in [-0.2, -0.15) is 5.10 Å². The first-order valence-corrected chi connectivity index (χ1v) is 6.33. The van der Waals surface area contributed by atoms with Gasteiger partial charge in [0.2, 0.25) is 0 Å². The lowest BCUT2D eigenvalue weighted by atomic mass is 10.0. The minimum atomic E-state index is -0.778. The summed E-state index contributed by atoms with van der Waals surface area (Å²) in [5.74, 6) is 0.901. The van der Waals surface area contributed by atoms with Crippen LogP contribution in [0.3, 0.4) is 0 Å². The van der Waals surface area contributed by atoms with Crippen LogP contribution in [-0.4, -0.2) is 18.0 Å². The molecule has 0 saturated heterocycles. The number of carbonyl (C=O) groups excluding carboxylic acids is 2. The van der Waals surface area contributed by atoms with Crippen molar-refractivity contribution in [3.63, 3.8) is 0 Å². The molecule has 108 valence electrons. The normalized spacial score (nSPS) is 16.0. The van der Waals surface area contributed by atoms with E-state index in [0.29, 0.717) is 35.5 Å². The average Bonchev–Trinajstić information content (AvgIpc) is 2.46. The van der Waals surface area contributed by atoms with Gasteiger partial charge in [0.1, 0.15) is 11.5 Å². The second-order valence-corrected chi connectivity index (χ2v) is 4.46. The lowest BCUT2D eigenvalue weighted by Gasteiger charge is -2.16. The molecule has 1 aliphatic rings. The number of nitrogens with one attached hydrogen (secondary N) is 1. The molecule has 0 bridgehead atoms. The molecule has 0 radical (unpaired) electrons. The van der Waals surface area contributed by atoms with Crippen LogP contribution in [0.15, 0.2) is 52.9 Å². The molecule has 0 aromatic heterocycles. The number of ether oxygens (including phenoxy) is 1. The topological polar surface area (TPSA) is 93.8 Å². The number of primary amides is 1. The highest BCUT2D eigenvalue weighted by Crippen LogP contribution is 2.22. The van der Waals surface area contributed by atoms with Crippen LogP contribution in [0.5, 0.6) is 5.75 Å². The van der Waals surface area contributed by atoms with Crippen LogP contribution < -0.4 is 15.9 Å². The van der Waals surface area contributed by atoms with Gasteiger partial charge in [0, 0.05) is 6.42 Å². The summed E-state index contributed by atoms with van der Waals surface area (Å²) in [5, 5.41) is 3.88. The lowest BCUT2D eigenvalue weighted by molar-refractivity contribution is -0.104. The molecule has 1 aromatic carbocycles. The van der Waals surface area contributed by atoms with Crippen LogP contribution >= 0.6 is 0 Å². The Labute approximate surface area is 122 Å². The highest BCUT2D eigenvalue weighted by molar-refractivity contribution is 6.06. The van der Waals surface area contributed by atoms with E-state index in [1.165, 1.54) is 0 Å². The highest BCUT2D eigenvalue weighted by atomic mass is 16.5. The maximum Gasteiger partial charge on any atom is 0.332 e. The summed E-state index contributed by atoms with van der Waals surface area (Å²) < 4.78 is 5.76. The second kappa shape index (κ2) is 6.51. The number of nitrogens with zero attached hydrogens (tertiary/aromatic N) is 1. The Bertz CT molecular complexity index is 660. The molecule has 0 aliphatic heterocycles. The van der Waals surface area contributed by atoms with Crippen LogP contribution in [0.1, 0.15) is 12.0 Å². The van der Waals surface area contributed by atoms with Crippen molar-refractivity contribution >= 4 is 18.0 Å². The molecular formula is C15H15N3O3. The van der Waals surface area contributed by atoms with Crippen molar-refractivity contribution in [3.05, 3.63) is 53.3 Å². The van der Waals surface area contributed by atoms with Gasteiger partial charge in [-0.25, -0.2) is 10.2 Å². The van der Waals surface area contributed by atoms with E-state index in [0.717, 1.165) is 5.56 Å². The van der Waals surface area contributed by atoms with Crippen molar-refractivity contribution in [2.45, 2.75) is 13.3 Å². The summed E-state index contributed by atoms with van der Waals surface area (Å²) in [6.07, 6.45) is 4.52. The molecule has 1 aromatic rings. The van der Waals surface area contributed by atoms with E-state index in [9.17, 15) is 9.59 Å². The van der Waals surface area contributed by atoms with Gasteiger partial charge in [0.15, 0.2) is 12.0 Å². The standard InChI is InChI=1S/C15H15N3O3/c1-10-4-2-6-12(8-10)21-14-11(9-19)5-3-7-13(14)17-18-15(16)20/h2-6,8-9H,7H2,1H3,(H3,16,18,20). The van der Waals surface area contributed by atoms with E-state index < -0.39 is 6.03 Å². The number of carbonyl (C=O) groups is 2. The quantitative estimate of drug-likeness (QED) is 0.652. The fourth-order valence-electron chi connectivity index (χ4n) is 1.86. The Balaban J connectivity index is 2.34. The average molecular weight is 285 g/mol. The number of aryl methyl sites for hydroxylation is 1. The Hall–Kier alpha value is -2.89. The third-order valence-corrected chi connectivity index (χ3v) is 2.77. The van der Waals surface area contributed by atoms with E-state index in [4.69, 9.17) is 10.5 Å². The van der Waals surface area contributed by atoms with Crippen molar-refractivity contribution in [2.75, 3.05) is 0 Å². The van der Waals surface area contributed by atoms with Crippen molar-refractivity contribution < 1.29 is 14.3 Å². The zero-order valence-electron chi connectivity index (χ0n) is 11.5. The Kier molecular flexibility index (Phi) is 4.50. The number of hydrogen-bond donors (Lipinski definition) is 2. The van der Waals surface area contributed by atoms with Gasteiger partial charge in [-0.1, -0.05) is 24.3 Å². The molecule has 0 unspecified atom stereocenters. The number of amides is 2. The third-order valence-electron chi connectivity index (χ3n) is 2.77. The monoisotopic (exact) mass is 285 g/mol. The molecule has 0 atom stereocenters. The molecule has 0 spiro atoms. The van der Waals surface area contributed by atoms with E-state index in [1.807, 2.05) is 25.1 Å². The minimum absolute atomic E-state index is 0.312. The van der Waals surface area contributed by atoms with Gasteiger partial charge < -0.3 is 10.5 Å². The third kappa shape index (κ3) is 3.79. The molecule has 0 fully saturated rings. The summed E-state index contributed by atoms with van der Waals surface area (Å²) >= 11 is 0. The first kappa shape index (κ1) is 14.5. The van der Waals surface area contributed by atoms with E-state index in [2.05, 4.69) is 10.5 Å². The van der Waals surface area contributed by atoms with Gasteiger partial charge in [-0.3, -0.25) is 4.79 Å². The first-order chi connectivity index (χ1) is 10.1. The van der Waals surface area contributed by atoms with Gasteiger partial charge in [-0.05, 0) is 24.6 Å². The van der Waals surface area contributed by atoms with Crippen LogP contribution in [-0.2, 0) is 4.79 Å². The predicted octanol–water partition coefficient (Wildman–Crippen LogP) is 1.81. The fraction of sp³-hybridized carbons (Fsp3) is 0.133. The van der Waals surface area contributed by atoms with E-state index >= 15 is 0 Å². The number of aldehydes is 1. The minimum Gasteiger partial charge on any atom is -0.455 e. The number of benzene rings is 1. The summed E-state index contributed by atoms with van der Waals surface area (Å²) in [6.45, 7) is 1.94. The molecule has 1 aliphatic carbocycles. The van der Waals surface area contributed by atoms with Crippen molar-refractivity contribution in [1.82, 2.24) is 5.43 Å². The smallest absolute Gasteiger partial charge is 0.332 e.